The zero-order chi connectivity index (χ0) is 34.1. The SMILES string of the molecule is Fc1ccccc1Oc1ccccc1Oc1ccccc1Oc1ccccc1Oc1ccccc1Oc1ccccc1Oc1ccccc1F. The molecule has 0 aliphatic rings. The summed E-state index contributed by atoms with van der Waals surface area (Å²) in [6.45, 7) is 0. The minimum atomic E-state index is -0.491. The zero-order valence-electron chi connectivity index (χ0n) is 26.4. The van der Waals surface area contributed by atoms with Crippen molar-refractivity contribution in [3.05, 3.63) is 181 Å². The van der Waals surface area contributed by atoms with Crippen LogP contribution in [0.1, 0.15) is 0 Å². The highest BCUT2D eigenvalue weighted by Crippen LogP contribution is 2.44. The van der Waals surface area contributed by atoms with Crippen molar-refractivity contribution in [2.45, 2.75) is 0 Å². The molecule has 0 aliphatic heterocycles. The van der Waals surface area contributed by atoms with Gasteiger partial charge in [0.1, 0.15) is 0 Å². The van der Waals surface area contributed by atoms with Gasteiger partial charge in [0.25, 0.3) is 0 Å². The van der Waals surface area contributed by atoms with Gasteiger partial charge in [0.15, 0.2) is 80.6 Å². The molecule has 6 nitrogen and oxygen atoms in total. The average Bonchev–Trinajstić information content (AvgIpc) is 3.14. The summed E-state index contributed by atoms with van der Waals surface area (Å²) in [4.78, 5) is 0. The second-order valence-corrected chi connectivity index (χ2v) is 10.7. The van der Waals surface area contributed by atoms with Crippen LogP contribution in [0.4, 0.5) is 8.78 Å². The molecule has 7 aromatic rings. The molecule has 0 N–H and O–H groups in total. The zero-order valence-corrected chi connectivity index (χ0v) is 26.4. The lowest BCUT2D eigenvalue weighted by Crippen LogP contribution is -1.96. The maximum Gasteiger partial charge on any atom is 0.170 e. The predicted molar refractivity (Wildman–Crippen MR) is 185 cm³/mol. The van der Waals surface area contributed by atoms with Crippen molar-refractivity contribution in [3.8, 4) is 69.0 Å². The third kappa shape index (κ3) is 7.50. The van der Waals surface area contributed by atoms with Crippen molar-refractivity contribution < 1.29 is 37.2 Å². The second kappa shape index (κ2) is 15.0. The Labute approximate surface area is 287 Å². The summed E-state index contributed by atoms with van der Waals surface area (Å²) in [6.07, 6.45) is 0. The van der Waals surface area contributed by atoms with E-state index in [4.69, 9.17) is 28.4 Å². The van der Waals surface area contributed by atoms with E-state index in [1.54, 1.807) is 121 Å². The van der Waals surface area contributed by atoms with Crippen molar-refractivity contribution in [3.63, 3.8) is 0 Å². The Morgan fingerprint density at radius 1 is 0.200 bits per heavy atom. The molecule has 8 heteroatoms. The lowest BCUT2D eigenvalue weighted by molar-refractivity contribution is 0.368. The molecule has 0 amide bonds. The largest absolute Gasteiger partial charge is 0.450 e. The second-order valence-electron chi connectivity index (χ2n) is 10.7. The first-order valence-corrected chi connectivity index (χ1v) is 15.6. The molecule has 246 valence electrons. The van der Waals surface area contributed by atoms with E-state index >= 15 is 0 Å². The predicted octanol–water partition coefficient (Wildman–Crippen LogP) is 12.7. The maximum atomic E-state index is 14.4. The van der Waals surface area contributed by atoms with Crippen molar-refractivity contribution in [1.29, 1.82) is 0 Å². The van der Waals surface area contributed by atoms with Crippen molar-refractivity contribution in [1.82, 2.24) is 0 Å². The molecule has 0 saturated carbocycles. The van der Waals surface area contributed by atoms with Crippen LogP contribution < -0.4 is 28.4 Å². The van der Waals surface area contributed by atoms with E-state index in [1.165, 1.54) is 12.1 Å². The van der Waals surface area contributed by atoms with E-state index in [9.17, 15) is 8.78 Å². The van der Waals surface area contributed by atoms with Gasteiger partial charge in [-0.1, -0.05) is 84.9 Å². The lowest BCUT2D eigenvalue weighted by Gasteiger charge is -2.18. The Hall–Kier alpha value is -6.80. The minimum absolute atomic E-state index is 0.0736. The minimum Gasteiger partial charge on any atom is -0.450 e. The Morgan fingerprint density at radius 2 is 0.340 bits per heavy atom. The molecule has 0 atom stereocenters. The number of benzene rings is 7. The molecule has 0 aliphatic carbocycles. The number of para-hydroxylation sites is 12. The van der Waals surface area contributed by atoms with Gasteiger partial charge in [0.2, 0.25) is 0 Å². The lowest BCUT2D eigenvalue weighted by atomic mass is 10.2. The highest BCUT2D eigenvalue weighted by atomic mass is 19.1. The van der Waals surface area contributed by atoms with Crippen LogP contribution in [0.5, 0.6) is 69.0 Å². The number of hydrogen-bond acceptors (Lipinski definition) is 6. The van der Waals surface area contributed by atoms with Crippen LogP contribution in [0.25, 0.3) is 0 Å². The van der Waals surface area contributed by atoms with Crippen molar-refractivity contribution in [2.24, 2.45) is 0 Å². The van der Waals surface area contributed by atoms with Gasteiger partial charge in [-0.15, -0.1) is 0 Å². The van der Waals surface area contributed by atoms with E-state index < -0.39 is 11.6 Å². The summed E-state index contributed by atoms with van der Waals surface area (Å²) in [5.74, 6) is 2.92. The molecule has 0 aromatic heterocycles. The Morgan fingerprint density at radius 3 is 0.520 bits per heavy atom. The van der Waals surface area contributed by atoms with Gasteiger partial charge in [-0.2, -0.15) is 0 Å². The molecule has 0 spiro atoms. The third-order valence-electron chi connectivity index (χ3n) is 7.24. The molecule has 0 bridgehead atoms. The van der Waals surface area contributed by atoms with Crippen LogP contribution in [-0.2, 0) is 0 Å². The maximum absolute atomic E-state index is 14.4. The molecule has 0 fully saturated rings. The van der Waals surface area contributed by atoms with E-state index in [2.05, 4.69) is 0 Å². The number of ether oxygens (including phenoxy) is 6. The highest BCUT2D eigenvalue weighted by Gasteiger charge is 2.17. The van der Waals surface area contributed by atoms with Gasteiger partial charge < -0.3 is 28.4 Å². The number of hydrogen-bond donors (Lipinski definition) is 0. The average molecular weight is 667 g/mol. The summed E-state index contributed by atoms with van der Waals surface area (Å²) >= 11 is 0. The molecule has 7 rings (SSSR count). The standard InChI is InChI=1S/C42H28F2O6/c43-29-15-1-3-17-31(29)45-33-19-5-7-21-35(33)47-37-23-9-11-25-39(37)49-41-27-13-14-28-42(41)50-40-26-12-10-24-38(40)48-36-22-8-6-20-34(36)46-32-18-4-2-16-30(32)44/h1-28H. The van der Waals surface area contributed by atoms with Crippen LogP contribution in [0.3, 0.4) is 0 Å². The van der Waals surface area contributed by atoms with Gasteiger partial charge in [-0.25, -0.2) is 8.78 Å². The fraction of sp³-hybridized carbons (Fsp3) is 0. The van der Waals surface area contributed by atoms with E-state index in [1.807, 2.05) is 36.4 Å². The third-order valence-corrected chi connectivity index (χ3v) is 7.24. The summed E-state index contributed by atoms with van der Waals surface area (Å²) in [7, 11) is 0. The van der Waals surface area contributed by atoms with E-state index in [-0.39, 0.29) is 11.5 Å². The first kappa shape index (κ1) is 31.8. The van der Waals surface area contributed by atoms with Gasteiger partial charge in [-0.3, -0.25) is 0 Å². The van der Waals surface area contributed by atoms with Crippen molar-refractivity contribution >= 4 is 0 Å². The van der Waals surface area contributed by atoms with Crippen LogP contribution in [0.2, 0.25) is 0 Å². The fourth-order valence-electron chi connectivity index (χ4n) is 4.86. The van der Waals surface area contributed by atoms with Crippen LogP contribution in [-0.4, -0.2) is 0 Å². The summed E-state index contributed by atoms with van der Waals surface area (Å²) in [5.41, 5.74) is 0. The van der Waals surface area contributed by atoms with E-state index in [0.717, 1.165) is 0 Å². The Kier molecular flexibility index (Phi) is 9.51. The molecule has 50 heavy (non-hydrogen) atoms. The molecular formula is C42H28F2O6. The summed E-state index contributed by atoms with van der Waals surface area (Å²) in [6, 6.07) is 47.7. The van der Waals surface area contributed by atoms with Crippen molar-refractivity contribution in [2.75, 3.05) is 0 Å². The summed E-state index contributed by atoms with van der Waals surface area (Å²) in [5, 5.41) is 0. The molecular weight excluding hydrogens is 638 g/mol. The molecule has 0 heterocycles. The topological polar surface area (TPSA) is 55.4 Å². The highest BCUT2D eigenvalue weighted by molar-refractivity contribution is 5.54. The van der Waals surface area contributed by atoms with Gasteiger partial charge in [-0.05, 0) is 84.9 Å². The van der Waals surface area contributed by atoms with Crippen LogP contribution in [0, 0.1) is 11.6 Å². The quantitative estimate of drug-likeness (QED) is 0.129. The normalized spacial score (nSPS) is 10.6. The van der Waals surface area contributed by atoms with Crippen LogP contribution in [0.15, 0.2) is 170 Å². The van der Waals surface area contributed by atoms with Gasteiger partial charge in [0.05, 0.1) is 0 Å². The van der Waals surface area contributed by atoms with Crippen LogP contribution >= 0.6 is 0 Å². The fourth-order valence-corrected chi connectivity index (χ4v) is 4.86. The molecule has 0 unspecified atom stereocenters. The first-order valence-electron chi connectivity index (χ1n) is 15.6. The smallest absolute Gasteiger partial charge is 0.170 e. The molecule has 7 aromatic carbocycles. The Balaban J connectivity index is 1.12. The van der Waals surface area contributed by atoms with Gasteiger partial charge in [0, 0.05) is 0 Å². The first-order chi connectivity index (χ1) is 24.6. The summed E-state index contributed by atoms with van der Waals surface area (Å²) < 4.78 is 65.7. The monoisotopic (exact) mass is 666 g/mol. The Bertz CT molecular complexity index is 2080. The molecule has 0 radical (unpaired) electrons. The number of halogens is 2. The van der Waals surface area contributed by atoms with Gasteiger partial charge >= 0.3 is 0 Å². The number of rotatable bonds is 12. The van der Waals surface area contributed by atoms with E-state index in [0.29, 0.717) is 57.5 Å². The molecule has 0 saturated heterocycles.